The van der Waals surface area contributed by atoms with Crippen molar-refractivity contribution >= 4 is 21.6 Å². The van der Waals surface area contributed by atoms with Crippen LogP contribution < -0.4 is 0 Å². The third-order valence-corrected chi connectivity index (χ3v) is 5.65. The maximum absolute atomic E-state index is 12.6. The van der Waals surface area contributed by atoms with Crippen molar-refractivity contribution in [2.75, 3.05) is 12.4 Å². The number of imidazole rings is 1. The molecule has 1 saturated carbocycles. The van der Waals surface area contributed by atoms with E-state index in [2.05, 4.69) is 4.98 Å². The zero-order chi connectivity index (χ0) is 13.9. The summed E-state index contributed by atoms with van der Waals surface area (Å²) >= 11 is 5.69. The maximum Gasteiger partial charge on any atom is 0.262 e. The minimum atomic E-state index is -3.48. The molecule has 5 nitrogen and oxygen atoms in total. The zero-order valence-corrected chi connectivity index (χ0v) is 12.7. The van der Waals surface area contributed by atoms with Crippen molar-refractivity contribution in [1.29, 1.82) is 0 Å². The number of rotatable bonds is 7. The molecule has 0 aromatic carbocycles. The second-order valence-corrected chi connectivity index (χ2v) is 7.00. The molecule has 0 spiro atoms. The number of alkyl halides is 1. The second-order valence-electron chi connectivity index (χ2n) is 4.79. The van der Waals surface area contributed by atoms with Crippen LogP contribution in [0.3, 0.4) is 0 Å². The van der Waals surface area contributed by atoms with Gasteiger partial charge in [0.05, 0.1) is 6.33 Å². The molecule has 0 bridgehead atoms. The summed E-state index contributed by atoms with van der Waals surface area (Å²) < 4.78 is 28.6. The van der Waals surface area contributed by atoms with Crippen LogP contribution in [0.15, 0.2) is 17.6 Å². The fourth-order valence-electron chi connectivity index (χ4n) is 2.16. The molecule has 0 N–H and O–H groups in total. The van der Waals surface area contributed by atoms with Crippen molar-refractivity contribution < 1.29 is 8.42 Å². The van der Waals surface area contributed by atoms with E-state index in [9.17, 15) is 8.42 Å². The largest absolute Gasteiger partial charge is 0.336 e. The van der Waals surface area contributed by atoms with E-state index >= 15 is 0 Å². The molecule has 1 aliphatic rings. The van der Waals surface area contributed by atoms with Crippen molar-refractivity contribution in [3.05, 3.63) is 12.5 Å². The van der Waals surface area contributed by atoms with Crippen LogP contribution in [0, 0.1) is 0 Å². The summed E-state index contributed by atoms with van der Waals surface area (Å²) in [6.07, 6.45) is 6.81. The highest BCUT2D eigenvalue weighted by Gasteiger charge is 2.35. The van der Waals surface area contributed by atoms with Crippen molar-refractivity contribution in [2.24, 2.45) is 0 Å². The number of nitrogens with zero attached hydrogens (tertiary/aromatic N) is 3. The van der Waals surface area contributed by atoms with Gasteiger partial charge in [-0.15, -0.1) is 11.6 Å². The Hall–Kier alpha value is -0.590. The Balaban J connectivity index is 2.22. The van der Waals surface area contributed by atoms with Gasteiger partial charge in [0, 0.05) is 31.2 Å². The minimum Gasteiger partial charge on any atom is -0.336 e. The number of sulfonamides is 1. The smallest absolute Gasteiger partial charge is 0.262 e. The fourth-order valence-corrected chi connectivity index (χ4v) is 3.94. The van der Waals surface area contributed by atoms with E-state index in [1.165, 1.54) is 0 Å². The lowest BCUT2D eigenvalue weighted by Gasteiger charge is -2.35. The number of hydrogen-bond acceptors (Lipinski definition) is 3. The van der Waals surface area contributed by atoms with Crippen LogP contribution in [0.4, 0.5) is 0 Å². The van der Waals surface area contributed by atoms with Crippen molar-refractivity contribution in [2.45, 2.75) is 50.2 Å². The first-order valence-electron chi connectivity index (χ1n) is 6.69. The summed E-state index contributed by atoms with van der Waals surface area (Å²) in [7, 11) is -3.48. The van der Waals surface area contributed by atoms with Gasteiger partial charge in [0.2, 0.25) is 0 Å². The SMILES string of the molecule is CCn1cnc(S(=O)(=O)N(CCCCl)C2CCC2)c1. The monoisotopic (exact) mass is 305 g/mol. The normalized spacial score (nSPS) is 16.8. The van der Waals surface area contributed by atoms with Crippen molar-refractivity contribution in [3.8, 4) is 0 Å². The lowest BCUT2D eigenvalue weighted by atomic mass is 9.93. The van der Waals surface area contributed by atoms with E-state index in [-0.39, 0.29) is 11.1 Å². The van der Waals surface area contributed by atoms with Crippen LogP contribution in [0.2, 0.25) is 0 Å². The first-order chi connectivity index (χ1) is 9.09. The third kappa shape index (κ3) is 3.12. The van der Waals surface area contributed by atoms with Gasteiger partial charge in [-0.25, -0.2) is 13.4 Å². The standard InChI is InChI=1S/C12H20ClN3O2S/c1-2-15-9-12(14-10-15)19(17,18)16(8-4-7-13)11-5-3-6-11/h9-11H,2-8H2,1H3. The van der Waals surface area contributed by atoms with Crippen molar-refractivity contribution in [3.63, 3.8) is 0 Å². The van der Waals surface area contributed by atoms with Gasteiger partial charge in [-0.05, 0) is 26.2 Å². The van der Waals surface area contributed by atoms with E-state index in [1.54, 1.807) is 21.4 Å². The molecule has 0 atom stereocenters. The Kier molecular flexibility index (Phi) is 4.86. The van der Waals surface area contributed by atoms with Gasteiger partial charge in [-0.3, -0.25) is 0 Å². The summed E-state index contributed by atoms with van der Waals surface area (Å²) in [6, 6.07) is 0.125. The molecule has 108 valence electrons. The van der Waals surface area contributed by atoms with Crippen LogP contribution in [-0.4, -0.2) is 40.7 Å². The topological polar surface area (TPSA) is 55.2 Å². The summed E-state index contributed by atoms with van der Waals surface area (Å²) in [5.41, 5.74) is 0. The summed E-state index contributed by atoms with van der Waals surface area (Å²) in [5, 5.41) is 0.149. The average Bonchev–Trinajstić information content (AvgIpc) is 2.81. The van der Waals surface area contributed by atoms with Gasteiger partial charge < -0.3 is 4.57 Å². The Morgan fingerprint density at radius 3 is 2.74 bits per heavy atom. The number of aromatic nitrogens is 2. The number of halogens is 1. The first kappa shape index (κ1) is 14.8. The molecule has 19 heavy (non-hydrogen) atoms. The average molecular weight is 306 g/mol. The molecule has 1 aromatic heterocycles. The summed E-state index contributed by atoms with van der Waals surface area (Å²) in [5.74, 6) is 0.474. The summed E-state index contributed by atoms with van der Waals surface area (Å²) in [6.45, 7) is 3.15. The van der Waals surface area contributed by atoms with Gasteiger partial charge in [0.1, 0.15) is 0 Å². The molecular weight excluding hydrogens is 286 g/mol. The van der Waals surface area contributed by atoms with Gasteiger partial charge in [-0.1, -0.05) is 6.42 Å². The highest BCUT2D eigenvalue weighted by molar-refractivity contribution is 7.89. The predicted molar refractivity (Wildman–Crippen MR) is 74.8 cm³/mol. The molecule has 1 heterocycles. The second kappa shape index (κ2) is 6.24. The van der Waals surface area contributed by atoms with Crippen LogP contribution in [0.5, 0.6) is 0 Å². The third-order valence-electron chi connectivity index (χ3n) is 3.54. The lowest BCUT2D eigenvalue weighted by molar-refractivity contribution is 0.219. The lowest BCUT2D eigenvalue weighted by Crippen LogP contribution is -2.44. The molecule has 2 rings (SSSR count). The highest BCUT2D eigenvalue weighted by Crippen LogP contribution is 2.29. The minimum absolute atomic E-state index is 0.125. The molecule has 0 radical (unpaired) electrons. The van der Waals surface area contributed by atoms with Gasteiger partial charge in [0.15, 0.2) is 5.03 Å². The van der Waals surface area contributed by atoms with Gasteiger partial charge in [0.25, 0.3) is 10.0 Å². The Morgan fingerprint density at radius 1 is 1.53 bits per heavy atom. The van der Waals surface area contributed by atoms with E-state index in [1.807, 2.05) is 6.92 Å². The van der Waals surface area contributed by atoms with Crippen LogP contribution in [-0.2, 0) is 16.6 Å². The molecule has 7 heteroatoms. The number of hydrogen-bond donors (Lipinski definition) is 0. The van der Waals surface area contributed by atoms with Crippen LogP contribution in [0.25, 0.3) is 0 Å². The van der Waals surface area contributed by atoms with Crippen LogP contribution >= 0.6 is 11.6 Å². The molecule has 0 saturated heterocycles. The Morgan fingerprint density at radius 2 is 2.26 bits per heavy atom. The molecule has 1 fully saturated rings. The van der Waals surface area contributed by atoms with Crippen LogP contribution in [0.1, 0.15) is 32.6 Å². The molecule has 0 unspecified atom stereocenters. The van der Waals surface area contributed by atoms with E-state index < -0.39 is 10.0 Å². The van der Waals surface area contributed by atoms with E-state index in [0.717, 1.165) is 19.3 Å². The number of aryl methyl sites for hydroxylation is 1. The molecule has 1 aromatic rings. The maximum atomic E-state index is 12.6. The Bertz CT molecular complexity index is 511. The van der Waals surface area contributed by atoms with Gasteiger partial charge >= 0.3 is 0 Å². The highest BCUT2D eigenvalue weighted by atomic mass is 35.5. The predicted octanol–water partition coefficient (Wildman–Crippen LogP) is 2.08. The van der Waals surface area contributed by atoms with Gasteiger partial charge in [-0.2, -0.15) is 4.31 Å². The molecule has 1 aliphatic carbocycles. The zero-order valence-electron chi connectivity index (χ0n) is 11.1. The molecule has 0 aliphatic heterocycles. The fraction of sp³-hybridized carbons (Fsp3) is 0.750. The van der Waals surface area contributed by atoms with E-state index in [4.69, 9.17) is 11.6 Å². The Labute approximate surface area is 119 Å². The van der Waals surface area contributed by atoms with E-state index in [0.29, 0.717) is 25.4 Å². The first-order valence-corrected chi connectivity index (χ1v) is 8.66. The molecule has 0 amide bonds. The quantitative estimate of drug-likeness (QED) is 0.725. The molecular formula is C12H20ClN3O2S. The summed E-state index contributed by atoms with van der Waals surface area (Å²) in [4.78, 5) is 4.03. The van der Waals surface area contributed by atoms with Crippen molar-refractivity contribution in [1.82, 2.24) is 13.9 Å².